The topological polar surface area (TPSA) is 125 Å². The molecule has 0 spiro atoms. The van der Waals surface area contributed by atoms with Gasteiger partial charge in [0, 0.05) is 41.8 Å². The van der Waals surface area contributed by atoms with E-state index in [1.54, 1.807) is 31.3 Å². The maximum Gasteiger partial charge on any atom is 0.354 e. The highest BCUT2D eigenvalue weighted by molar-refractivity contribution is 6.31. The number of H-pyrrole nitrogens is 1. The van der Waals surface area contributed by atoms with E-state index in [0.717, 1.165) is 68.3 Å². The van der Waals surface area contributed by atoms with Crippen LogP contribution in [0.1, 0.15) is 75.1 Å². The molecule has 10 heteroatoms. The molecule has 0 unspecified atom stereocenters. The van der Waals surface area contributed by atoms with E-state index in [4.69, 9.17) is 22.7 Å². The van der Waals surface area contributed by atoms with Gasteiger partial charge < -0.3 is 21.4 Å². The minimum Gasteiger partial charge on any atom is -0.374 e. The van der Waals surface area contributed by atoms with Crippen molar-refractivity contribution in [2.24, 2.45) is 5.73 Å². The Balaban J connectivity index is 1.38. The van der Waals surface area contributed by atoms with Crippen molar-refractivity contribution < 1.29 is 4.39 Å². The molecule has 1 aliphatic heterocycles. The van der Waals surface area contributed by atoms with E-state index in [1.807, 2.05) is 19.1 Å². The van der Waals surface area contributed by atoms with Crippen LogP contribution in [0.4, 0.5) is 4.39 Å². The zero-order chi connectivity index (χ0) is 30.7. The van der Waals surface area contributed by atoms with Crippen molar-refractivity contribution in [2.75, 3.05) is 6.54 Å². The van der Waals surface area contributed by atoms with Crippen LogP contribution in [0.15, 0.2) is 47.4 Å². The lowest BCUT2D eigenvalue weighted by Gasteiger charge is -2.32. The standard InChI is InChI=1S/C33H41ClFN7O/c1-19-14-25(10-11-26(19)29-9-5-8-24(39-29)12-13-38-21(3)37)42-18-23-17-30(40-32(23)41-33(42)43)27-15-22(7-4-6-20(2)36)16-28(34)31(27)35/h10-11,14-18,20,24,29,39H,4-9,12-13,36H2,1-3H3,(H2,37,38)(H,40,41,43)/t20-,24-,29-/m0/s1. The molecular weight excluding hydrogens is 565 g/mol. The Hall–Kier alpha value is -3.53. The first-order valence-corrected chi connectivity index (χ1v) is 15.5. The number of aromatic nitrogens is 3. The second-order valence-corrected chi connectivity index (χ2v) is 12.3. The number of aryl methyl sites for hydroxylation is 2. The Bertz CT molecular complexity index is 1680. The molecule has 4 aromatic rings. The Labute approximate surface area is 256 Å². The highest BCUT2D eigenvalue weighted by Crippen LogP contribution is 2.32. The third-order valence-electron chi connectivity index (χ3n) is 8.28. The normalized spacial score (nSPS) is 17.7. The molecule has 1 fully saturated rings. The van der Waals surface area contributed by atoms with Gasteiger partial charge in [-0.25, -0.2) is 9.18 Å². The fraction of sp³-hybridized carbons (Fsp3) is 0.424. The maximum absolute atomic E-state index is 15.1. The van der Waals surface area contributed by atoms with Gasteiger partial charge in [0.15, 0.2) is 5.82 Å². The molecule has 0 bridgehead atoms. The molecule has 1 saturated heterocycles. The zero-order valence-corrected chi connectivity index (χ0v) is 25.8. The first-order chi connectivity index (χ1) is 20.6. The van der Waals surface area contributed by atoms with Crippen molar-refractivity contribution in [2.45, 2.75) is 83.8 Å². The van der Waals surface area contributed by atoms with Crippen molar-refractivity contribution >= 4 is 28.5 Å². The van der Waals surface area contributed by atoms with Gasteiger partial charge in [-0.15, -0.1) is 0 Å². The summed E-state index contributed by atoms with van der Waals surface area (Å²) in [6.45, 7) is 6.59. The van der Waals surface area contributed by atoms with Gasteiger partial charge in [0.25, 0.3) is 0 Å². The summed E-state index contributed by atoms with van der Waals surface area (Å²) in [4.78, 5) is 20.5. The van der Waals surface area contributed by atoms with Crippen molar-refractivity contribution in [1.82, 2.24) is 25.2 Å². The highest BCUT2D eigenvalue weighted by Gasteiger charge is 2.23. The number of amidine groups is 1. The Morgan fingerprint density at radius 1 is 1.28 bits per heavy atom. The van der Waals surface area contributed by atoms with Crippen molar-refractivity contribution in [1.29, 1.82) is 5.41 Å². The lowest BCUT2D eigenvalue weighted by atomic mass is 9.90. The smallest absolute Gasteiger partial charge is 0.354 e. The molecule has 43 heavy (non-hydrogen) atoms. The summed E-state index contributed by atoms with van der Waals surface area (Å²) >= 11 is 6.27. The number of piperidine rings is 1. The number of nitrogens with one attached hydrogen (secondary N) is 4. The summed E-state index contributed by atoms with van der Waals surface area (Å²) in [5, 5.41) is 15.2. The van der Waals surface area contributed by atoms with Crippen LogP contribution < -0.4 is 22.1 Å². The van der Waals surface area contributed by atoms with Gasteiger partial charge in [0.1, 0.15) is 5.65 Å². The van der Waals surface area contributed by atoms with Gasteiger partial charge in [0.2, 0.25) is 0 Å². The largest absolute Gasteiger partial charge is 0.374 e. The Morgan fingerprint density at radius 3 is 2.84 bits per heavy atom. The minimum absolute atomic E-state index is 0.0620. The van der Waals surface area contributed by atoms with E-state index in [9.17, 15) is 4.79 Å². The predicted octanol–water partition coefficient (Wildman–Crippen LogP) is 6.31. The van der Waals surface area contributed by atoms with Gasteiger partial charge in [-0.3, -0.25) is 9.98 Å². The molecule has 2 aromatic carbocycles. The van der Waals surface area contributed by atoms with E-state index >= 15 is 4.39 Å². The van der Waals surface area contributed by atoms with Crippen LogP contribution in [0.2, 0.25) is 5.02 Å². The molecule has 228 valence electrons. The summed E-state index contributed by atoms with van der Waals surface area (Å²) in [5.74, 6) is -0.0163. The summed E-state index contributed by atoms with van der Waals surface area (Å²) in [7, 11) is 0. The molecule has 5 rings (SSSR count). The van der Waals surface area contributed by atoms with Gasteiger partial charge in [0.05, 0.1) is 22.2 Å². The number of hydrogen-bond donors (Lipinski definition) is 5. The lowest BCUT2D eigenvalue weighted by molar-refractivity contribution is 0.312. The average molecular weight is 606 g/mol. The average Bonchev–Trinajstić information content (AvgIpc) is 3.36. The van der Waals surface area contributed by atoms with Crippen LogP contribution in [-0.2, 0) is 6.42 Å². The van der Waals surface area contributed by atoms with E-state index in [2.05, 4.69) is 33.6 Å². The minimum atomic E-state index is -0.509. The highest BCUT2D eigenvalue weighted by atomic mass is 35.5. The van der Waals surface area contributed by atoms with Crippen LogP contribution in [0.5, 0.6) is 0 Å². The number of rotatable bonds is 10. The number of hydrogen-bond acceptors (Lipinski definition) is 5. The van der Waals surface area contributed by atoms with Crippen LogP contribution in [0, 0.1) is 18.2 Å². The number of fused-ring (bicyclic) bond motifs is 1. The quantitative estimate of drug-likeness (QED) is 0.107. The SMILES string of the molecule is CC(=N)NCC[C@@H]1CCC[C@@H](c2ccc(-n3cc4cc(-c5cc(CCC[C@H](C)N)cc(Cl)c5F)[nH]c4nc3=O)cc2C)N1. The summed E-state index contributed by atoms with van der Waals surface area (Å²) < 4.78 is 16.7. The third-order valence-corrected chi connectivity index (χ3v) is 8.56. The number of nitrogens with two attached hydrogens (primary N) is 1. The summed E-state index contributed by atoms with van der Waals surface area (Å²) in [5.41, 5.74) is 10.7. The fourth-order valence-electron chi connectivity index (χ4n) is 6.07. The second-order valence-electron chi connectivity index (χ2n) is 11.9. The molecule has 8 nitrogen and oxygen atoms in total. The molecule has 0 aliphatic carbocycles. The van der Waals surface area contributed by atoms with Gasteiger partial charge >= 0.3 is 5.69 Å². The van der Waals surface area contributed by atoms with E-state index in [0.29, 0.717) is 34.2 Å². The monoisotopic (exact) mass is 605 g/mol. The predicted molar refractivity (Wildman–Crippen MR) is 173 cm³/mol. The van der Waals surface area contributed by atoms with E-state index in [1.165, 1.54) is 10.1 Å². The van der Waals surface area contributed by atoms with E-state index in [-0.39, 0.29) is 17.1 Å². The number of benzene rings is 2. The number of nitrogens with zero attached hydrogens (tertiary/aromatic N) is 2. The van der Waals surface area contributed by atoms with E-state index < -0.39 is 11.5 Å². The first-order valence-electron chi connectivity index (χ1n) is 15.1. The molecule has 3 heterocycles. The molecular formula is C33H41ClFN7O. The fourth-order valence-corrected chi connectivity index (χ4v) is 6.31. The molecule has 0 radical (unpaired) electrons. The Kier molecular flexibility index (Phi) is 9.64. The molecule has 0 amide bonds. The van der Waals surface area contributed by atoms with Crippen molar-refractivity contribution in [3.8, 4) is 16.9 Å². The first kappa shape index (κ1) is 30.9. The number of aromatic amines is 1. The van der Waals surface area contributed by atoms with Crippen LogP contribution in [0.25, 0.3) is 28.0 Å². The van der Waals surface area contributed by atoms with Gasteiger partial charge in [-0.1, -0.05) is 24.1 Å². The second kappa shape index (κ2) is 13.4. The zero-order valence-electron chi connectivity index (χ0n) is 25.1. The van der Waals surface area contributed by atoms with Crippen LogP contribution in [0.3, 0.4) is 0 Å². The van der Waals surface area contributed by atoms with Gasteiger partial charge in [-0.2, -0.15) is 4.98 Å². The van der Waals surface area contributed by atoms with Crippen LogP contribution in [-0.4, -0.2) is 39.0 Å². The lowest BCUT2D eigenvalue weighted by Crippen LogP contribution is -2.39. The molecule has 6 N–H and O–H groups in total. The summed E-state index contributed by atoms with van der Waals surface area (Å²) in [6.07, 6.45) is 8.54. The van der Waals surface area contributed by atoms with Gasteiger partial charge in [-0.05, 0) is 106 Å². The van der Waals surface area contributed by atoms with Crippen molar-refractivity contribution in [3.05, 3.63) is 80.6 Å². The van der Waals surface area contributed by atoms with Crippen molar-refractivity contribution in [3.63, 3.8) is 0 Å². The molecule has 1 aliphatic rings. The maximum atomic E-state index is 15.1. The summed E-state index contributed by atoms with van der Waals surface area (Å²) in [6, 6.07) is 12.1. The van der Waals surface area contributed by atoms with Crippen LogP contribution >= 0.6 is 11.6 Å². The Morgan fingerprint density at radius 2 is 2.09 bits per heavy atom. The number of halogens is 2. The molecule has 2 aromatic heterocycles. The molecule has 3 atom stereocenters. The third kappa shape index (κ3) is 7.34. The molecule has 0 saturated carbocycles.